The van der Waals surface area contributed by atoms with Crippen LogP contribution < -0.4 is 0 Å². The second-order valence-corrected chi connectivity index (χ2v) is 6.29. The second-order valence-electron chi connectivity index (χ2n) is 6.29. The van der Waals surface area contributed by atoms with E-state index in [1.54, 1.807) is 0 Å². The minimum Gasteiger partial charge on any atom is -0.198 e. The van der Waals surface area contributed by atoms with E-state index in [0.29, 0.717) is 5.56 Å². The lowest BCUT2D eigenvalue weighted by molar-refractivity contribution is 0.458. The number of hydrogen-bond acceptors (Lipinski definition) is 3. The normalized spacial score (nSPS) is 14.6. The number of nitriles is 3. The summed E-state index contributed by atoms with van der Waals surface area (Å²) in [4.78, 5) is 0. The summed E-state index contributed by atoms with van der Waals surface area (Å²) in [6, 6.07) is 34.7. The van der Waals surface area contributed by atoms with Gasteiger partial charge in [-0.3, -0.25) is 0 Å². The molecule has 0 saturated carbocycles. The fraction of sp³-hybridized carbons (Fsp3) is 0.125. The smallest absolute Gasteiger partial charge is 0.122 e. The Labute approximate surface area is 159 Å². The third-order valence-electron chi connectivity index (χ3n) is 4.87. The number of hydrogen-bond donors (Lipinski definition) is 0. The minimum absolute atomic E-state index is 0.665. The number of benzene rings is 3. The van der Waals surface area contributed by atoms with Crippen LogP contribution in [0.1, 0.15) is 28.5 Å². The SMILES string of the molecule is N#CC(c1ccccc1)C(C#N)(c1ccccc1)C(C#N)c1ccccc1. The van der Waals surface area contributed by atoms with Gasteiger partial charge in [-0.1, -0.05) is 91.0 Å². The van der Waals surface area contributed by atoms with Crippen molar-refractivity contribution in [3.05, 3.63) is 108 Å². The Kier molecular flexibility index (Phi) is 5.32. The Hall–Kier alpha value is -3.87. The number of nitrogens with zero attached hydrogens (tertiary/aromatic N) is 3. The molecule has 2 unspecified atom stereocenters. The first-order chi connectivity index (χ1) is 13.3. The van der Waals surface area contributed by atoms with E-state index in [-0.39, 0.29) is 0 Å². The Balaban J connectivity index is 2.32. The van der Waals surface area contributed by atoms with Crippen LogP contribution in [-0.4, -0.2) is 0 Å². The molecule has 3 aromatic rings. The van der Waals surface area contributed by atoms with Crippen molar-refractivity contribution >= 4 is 0 Å². The first kappa shape index (κ1) is 17.9. The fourth-order valence-electron chi connectivity index (χ4n) is 3.58. The highest BCUT2D eigenvalue weighted by Crippen LogP contribution is 2.48. The van der Waals surface area contributed by atoms with Crippen molar-refractivity contribution in [1.82, 2.24) is 0 Å². The Morgan fingerprint density at radius 2 is 0.926 bits per heavy atom. The van der Waals surface area contributed by atoms with Gasteiger partial charge in [0.05, 0.1) is 30.0 Å². The molecule has 0 aliphatic rings. The van der Waals surface area contributed by atoms with Crippen LogP contribution in [0.4, 0.5) is 0 Å². The standard InChI is InChI=1S/C24H17N3/c25-16-22(19-10-4-1-5-11-19)24(18-27,21-14-8-3-9-15-21)23(17-26)20-12-6-2-7-13-20/h1-15,22-23H. The van der Waals surface area contributed by atoms with E-state index in [2.05, 4.69) is 18.2 Å². The molecule has 3 aromatic carbocycles. The molecule has 0 heterocycles. The van der Waals surface area contributed by atoms with Gasteiger partial charge in [-0.15, -0.1) is 0 Å². The molecule has 0 radical (unpaired) electrons. The fourth-order valence-corrected chi connectivity index (χ4v) is 3.58. The van der Waals surface area contributed by atoms with Crippen molar-refractivity contribution in [3.8, 4) is 18.2 Å². The highest BCUT2D eigenvalue weighted by molar-refractivity contribution is 5.50. The maximum atomic E-state index is 10.4. The van der Waals surface area contributed by atoms with Gasteiger partial charge >= 0.3 is 0 Å². The Morgan fingerprint density at radius 3 is 1.26 bits per heavy atom. The van der Waals surface area contributed by atoms with Crippen molar-refractivity contribution in [3.63, 3.8) is 0 Å². The molecule has 0 fully saturated rings. The van der Waals surface area contributed by atoms with Crippen LogP contribution >= 0.6 is 0 Å². The monoisotopic (exact) mass is 347 g/mol. The van der Waals surface area contributed by atoms with Crippen molar-refractivity contribution in [2.45, 2.75) is 17.3 Å². The molecule has 0 saturated heterocycles. The summed E-state index contributed by atoms with van der Waals surface area (Å²) in [5.74, 6) is -1.59. The maximum absolute atomic E-state index is 10.4. The van der Waals surface area contributed by atoms with Gasteiger partial charge < -0.3 is 0 Å². The Bertz CT molecular complexity index is 949. The molecule has 3 heteroatoms. The molecular weight excluding hydrogens is 330 g/mol. The van der Waals surface area contributed by atoms with Gasteiger partial charge in [-0.05, 0) is 16.7 Å². The van der Waals surface area contributed by atoms with Crippen LogP contribution in [0.25, 0.3) is 0 Å². The van der Waals surface area contributed by atoms with Gasteiger partial charge in [0, 0.05) is 0 Å². The van der Waals surface area contributed by atoms with Crippen LogP contribution in [0.15, 0.2) is 91.0 Å². The molecule has 128 valence electrons. The van der Waals surface area contributed by atoms with Crippen LogP contribution in [0.2, 0.25) is 0 Å². The molecule has 0 aliphatic carbocycles. The predicted octanol–water partition coefficient (Wildman–Crippen LogP) is 5.06. The first-order valence-electron chi connectivity index (χ1n) is 8.63. The zero-order chi connectivity index (χ0) is 19.1. The molecule has 0 bridgehead atoms. The van der Waals surface area contributed by atoms with Crippen LogP contribution in [0.3, 0.4) is 0 Å². The van der Waals surface area contributed by atoms with Crippen LogP contribution in [-0.2, 0) is 5.41 Å². The van der Waals surface area contributed by atoms with Crippen molar-refractivity contribution in [1.29, 1.82) is 15.8 Å². The average molecular weight is 347 g/mol. The van der Waals surface area contributed by atoms with E-state index in [1.165, 1.54) is 0 Å². The molecule has 0 spiro atoms. The van der Waals surface area contributed by atoms with Gasteiger partial charge in [-0.2, -0.15) is 15.8 Å². The topological polar surface area (TPSA) is 71.4 Å². The van der Waals surface area contributed by atoms with Crippen LogP contribution in [0, 0.1) is 34.0 Å². The summed E-state index contributed by atoms with van der Waals surface area (Å²) in [5, 5.41) is 30.6. The highest BCUT2D eigenvalue weighted by atomic mass is 14.5. The van der Waals surface area contributed by atoms with Gasteiger partial charge in [0.2, 0.25) is 0 Å². The van der Waals surface area contributed by atoms with E-state index < -0.39 is 17.3 Å². The third kappa shape index (κ3) is 3.18. The van der Waals surface area contributed by atoms with E-state index in [9.17, 15) is 15.8 Å². The van der Waals surface area contributed by atoms with E-state index >= 15 is 0 Å². The summed E-state index contributed by atoms with van der Waals surface area (Å²) in [5.41, 5.74) is 0.773. The zero-order valence-corrected chi connectivity index (χ0v) is 14.7. The van der Waals surface area contributed by atoms with Gasteiger partial charge in [-0.25, -0.2) is 0 Å². The summed E-state index contributed by atoms with van der Waals surface area (Å²) in [7, 11) is 0. The molecule has 27 heavy (non-hydrogen) atoms. The number of rotatable bonds is 5. The third-order valence-corrected chi connectivity index (χ3v) is 4.87. The molecule has 3 rings (SSSR count). The average Bonchev–Trinajstić information content (AvgIpc) is 2.75. The van der Waals surface area contributed by atoms with Crippen molar-refractivity contribution in [2.24, 2.45) is 0 Å². The first-order valence-corrected chi connectivity index (χ1v) is 8.63. The van der Waals surface area contributed by atoms with E-state index in [4.69, 9.17) is 0 Å². The lowest BCUT2D eigenvalue weighted by Gasteiger charge is -2.36. The van der Waals surface area contributed by atoms with E-state index in [1.807, 2.05) is 91.0 Å². The summed E-state index contributed by atoms with van der Waals surface area (Å²) in [6.07, 6.45) is 0. The van der Waals surface area contributed by atoms with Crippen LogP contribution in [0.5, 0.6) is 0 Å². The molecule has 2 atom stereocenters. The zero-order valence-electron chi connectivity index (χ0n) is 14.7. The molecule has 0 amide bonds. The van der Waals surface area contributed by atoms with Gasteiger partial charge in [0.1, 0.15) is 5.41 Å². The summed E-state index contributed by atoms with van der Waals surface area (Å²) >= 11 is 0. The van der Waals surface area contributed by atoms with Gasteiger partial charge in [0.15, 0.2) is 0 Å². The Morgan fingerprint density at radius 1 is 0.556 bits per heavy atom. The van der Waals surface area contributed by atoms with Crippen molar-refractivity contribution in [2.75, 3.05) is 0 Å². The molecule has 0 aromatic heterocycles. The van der Waals surface area contributed by atoms with Gasteiger partial charge in [0.25, 0.3) is 0 Å². The van der Waals surface area contributed by atoms with Crippen molar-refractivity contribution < 1.29 is 0 Å². The molecular formula is C24H17N3. The molecule has 0 N–H and O–H groups in total. The maximum Gasteiger partial charge on any atom is 0.122 e. The highest BCUT2D eigenvalue weighted by Gasteiger charge is 2.49. The predicted molar refractivity (Wildman–Crippen MR) is 103 cm³/mol. The lowest BCUT2D eigenvalue weighted by Crippen LogP contribution is -2.38. The summed E-state index contributed by atoms with van der Waals surface area (Å²) in [6.45, 7) is 0. The second kappa shape index (κ2) is 8.01. The molecule has 0 aliphatic heterocycles. The summed E-state index contributed by atoms with van der Waals surface area (Å²) < 4.78 is 0. The minimum atomic E-state index is -1.34. The lowest BCUT2D eigenvalue weighted by atomic mass is 9.60. The quantitative estimate of drug-likeness (QED) is 0.647. The molecule has 3 nitrogen and oxygen atoms in total. The largest absolute Gasteiger partial charge is 0.198 e. The van der Waals surface area contributed by atoms with E-state index in [0.717, 1.165) is 11.1 Å².